The van der Waals surface area contributed by atoms with E-state index in [-0.39, 0.29) is 5.56 Å². The third-order valence-electron chi connectivity index (χ3n) is 1.49. The topological polar surface area (TPSA) is 40.1 Å². The average molecular weight is 261 g/mol. The van der Waals surface area contributed by atoms with Gasteiger partial charge in [0, 0.05) is 9.13 Å². The molecule has 0 amide bonds. The lowest BCUT2D eigenvalue weighted by atomic mass is 10.1. The molecule has 0 aliphatic carbocycles. The molecule has 0 N–H and O–H groups in total. The zero-order valence-corrected chi connectivity index (χ0v) is 8.08. The van der Waals surface area contributed by atoms with Gasteiger partial charge in [-0.05, 0) is 41.1 Å². The van der Waals surface area contributed by atoms with E-state index < -0.39 is 5.97 Å². The standard InChI is InChI=1S/C8H7IO2/c1-5-6(8(10)11)3-2-4-7(5)9/h2-4H,1H3,(H,10,11)/p-1. The highest BCUT2D eigenvalue weighted by atomic mass is 127. The molecule has 0 aliphatic heterocycles. The first-order chi connectivity index (χ1) is 5.13. The van der Waals surface area contributed by atoms with E-state index >= 15 is 0 Å². The van der Waals surface area contributed by atoms with E-state index in [2.05, 4.69) is 22.6 Å². The van der Waals surface area contributed by atoms with Gasteiger partial charge < -0.3 is 9.90 Å². The first-order valence-electron chi connectivity index (χ1n) is 3.09. The molecule has 2 nitrogen and oxygen atoms in total. The number of carbonyl (C=O) groups is 1. The van der Waals surface area contributed by atoms with Gasteiger partial charge >= 0.3 is 0 Å². The van der Waals surface area contributed by atoms with E-state index in [4.69, 9.17) is 0 Å². The zero-order chi connectivity index (χ0) is 8.43. The Morgan fingerprint density at radius 1 is 1.55 bits per heavy atom. The summed E-state index contributed by atoms with van der Waals surface area (Å²) < 4.78 is 0.948. The van der Waals surface area contributed by atoms with Crippen LogP contribution in [-0.4, -0.2) is 5.97 Å². The number of hydrogen-bond donors (Lipinski definition) is 0. The van der Waals surface area contributed by atoms with Gasteiger partial charge in [-0.3, -0.25) is 0 Å². The maximum atomic E-state index is 10.5. The Morgan fingerprint density at radius 3 is 2.64 bits per heavy atom. The summed E-state index contributed by atoms with van der Waals surface area (Å²) in [5, 5.41) is 10.5. The van der Waals surface area contributed by atoms with Crippen LogP contribution in [0.5, 0.6) is 0 Å². The van der Waals surface area contributed by atoms with Crippen molar-refractivity contribution in [3.63, 3.8) is 0 Å². The molecule has 0 bridgehead atoms. The van der Waals surface area contributed by atoms with Gasteiger partial charge in [0.2, 0.25) is 0 Å². The van der Waals surface area contributed by atoms with Crippen LogP contribution in [0.4, 0.5) is 0 Å². The molecule has 1 aromatic carbocycles. The third kappa shape index (κ3) is 1.71. The Labute approximate surface area is 78.4 Å². The van der Waals surface area contributed by atoms with Crippen LogP contribution < -0.4 is 5.11 Å². The van der Waals surface area contributed by atoms with E-state index in [9.17, 15) is 9.90 Å². The largest absolute Gasteiger partial charge is 0.545 e. The molecule has 0 saturated carbocycles. The highest BCUT2D eigenvalue weighted by Crippen LogP contribution is 2.14. The molecule has 0 saturated heterocycles. The number of carboxylic acid groups (broad SMARTS) is 1. The Bertz CT molecular complexity index is 294. The molecule has 0 atom stereocenters. The average Bonchev–Trinajstić information content (AvgIpc) is 1.94. The van der Waals surface area contributed by atoms with E-state index in [1.54, 1.807) is 19.1 Å². The first-order valence-corrected chi connectivity index (χ1v) is 4.17. The Balaban J connectivity index is 3.27. The monoisotopic (exact) mass is 261 g/mol. The molecule has 1 rings (SSSR count). The van der Waals surface area contributed by atoms with Gasteiger partial charge in [-0.2, -0.15) is 0 Å². The van der Waals surface area contributed by atoms with Crippen LogP contribution >= 0.6 is 22.6 Å². The van der Waals surface area contributed by atoms with Crippen molar-refractivity contribution >= 4 is 28.6 Å². The Morgan fingerprint density at radius 2 is 2.18 bits per heavy atom. The summed E-state index contributed by atoms with van der Waals surface area (Å²) in [4.78, 5) is 10.5. The van der Waals surface area contributed by atoms with Crippen molar-refractivity contribution in [3.05, 3.63) is 32.9 Å². The van der Waals surface area contributed by atoms with Gasteiger partial charge in [-0.25, -0.2) is 0 Å². The van der Waals surface area contributed by atoms with Crippen LogP contribution in [0.15, 0.2) is 18.2 Å². The minimum absolute atomic E-state index is 0.275. The van der Waals surface area contributed by atoms with Crippen molar-refractivity contribution in [2.75, 3.05) is 0 Å². The summed E-state index contributed by atoms with van der Waals surface area (Å²) in [5.74, 6) is -1.11. The minimum atomic E-state index is -1.11. The fourth-order valence-electron chi connectivity index (χ4n) is 0.829. The maximum absolute atomic E-state index is 10.5. The highest BCUT2D eigenvalue weighted by Gasteiger charge is 2.00. The molecule has 0 aromatic heterocycles. The summed E-state index contributed by atoms with van der Waals surface area (Å²) in [6.45, 7) is 1.77. The molecule has 0 radical (unpaired) electrons. The van der Waals surface area contributed by atoms with Gasteiger partial charge in [-0.15, -0.1) is 0 Å². The number of rotatable bonds is 1. The summed E-state index contributed by atoms with van der Waals surface area (Å²) in [6, 6.07) is 5.12. The van der Waals surface area contributed by atoms with Crippen molar-refractivity contribution in [1.29, 1.82) is 0 Å². The number of hydrogen-bond acceptors (Lipinski definition) is 2. The third-order valence-corrected chi connectivity index (χ3v) is 2.66. The number of aromatic carboxylic acids is 1. The molecule has 0 aliphatic rings. The number of carboxylic acids is 1. The molecule has 11 heavy (non-hydrogen) atoms. The van der Waals surface area contributed by atoms with Crippen molar-refractivity contribution in [1.82, 2.24) is 0 Å². The molecule has 0 spiro atoms. The lowest BCUT2D eigenvalue weighted by Gasteiger charge is -2.06. The SMILES string of the molecule is Cc1c(I)cccc1C(=O)[O-]. The van der Waals surface area contributed by atoms with Crippen LogP contribution in [0.2, 0.25) is 0 Å². The highest BCUT2D eigenvalue weighted by molar-refractivity contribution is 14.1. The second-order valence-electron chi connectivity index (χ2n) is 2.20. The van der Waals surface area contributed by atoms with Crippen LogP contribution in [0.1, 0.15) is 15.9 Å². The zero-order valence-electron chi connectivity index (χ0n) is 5.93. The quantitative estimate of drug-likeness (QED) is 0.706. The molecular formula is C8H6IO2-. The van der Waals surface area contributed by atoms with E-state index in [1.807, 2.05) is 6.07 Å². The molecule has 58 valence electrons. The van der Waals surface area contributed by atoms with Crippen LogP contribution in [0.25, 0.3) is 0 Å². The Kier molecular flexibility index (Phi) is 2.49. The molecule has 1 aromatic rings. The van der Waals surface area contributed by atoms with Gasteiger partial charge in [0.1, 0.15) is 0 Å². The molecule has 0 unspecified atom stereocenters. The van der Waals surface area contributed by atoms with Gasteiger partial charge in [0.25, 0.3) is 0 Å². The second kappa shape index (κ2) is 3.21. The van der Waals surface area contributed by atoms with Crippen LogP contribution in [0.3, 0.4) is 0 Å². The van der Waals surface area contributed by atoms with Gasteiger partial charge in [0.05, 0.1) is 5.97 Å². The normalized spacial score (nSPS) is 9.64. The summed E-state index contributed by atoms with van der Waals surface area (Å²) >= 11 is 2.09. The second-order valence-corrected chi connectivity index (χ2v) is 3.36. The number of halogens is 1. The lowest BCUT2D eigenvalue weighted by molar-refractivity contribution is -0.255. The van der Waals surface area contributed by atoms with Crippen LogP contribution in [-0.2, 0) is 0 Å². The fourth-order valence-corrected chi connectivity index (χ4v) is 1.33. The van der Waals surface area contributed by atoms with Crippen LogP contribution in [0, 0.1) is 10.5 Å². The summed E-state index contributed by atoms with van der Waals surface area (Å²) in [5.41, 5.74) is 1.05. The smallest absolute Gasteiger partial charge is 0.0718 e. The van der Waals surface area contributed by atoms with Gasteiger partial charge in [-0.1, -0.05) is 12.1 Å². The van der Waals surface area contributed by atoms with Crippen molar-refractivity contribution in [2.24, 2.45) is 0 Å². The van der Waals surface area contributed by atoms with E-state index in [1.165, 1.54) is 0 Å². The van der Waals surface area contributed by atoms with E-state index in [0.717, 1.165) is 9.13 Å². The molecular weight excluding hydrogens is 255 g/mol. The fraction of sp³-hybridized carbons (Fsp3) is 0.125. The van der Waals surface area contributed by atoms with Crippen molar-refractivity contribution < 1.29 is 9.90 Å². The first kappa shape index (κ1) is 8.52. The van der Waals surface area contributed by atoms with E-state index in [0.29, 0.717) is 0 Å². The van der Waals surface area contributed by atoms with Crippen molar-refractivity contribution in [3.8, 4) is 0 Å². The predicted octanol–water partition coefficient (Wildman–Crippen LogP) is 0.963. The summed E-state index contributed by atoms with van der Waals surface area (Å²) in [7, 11) is 0. The Hall–Kier alpha value is -0.580. The number of carbonyl (C=O) groups excluding carboxylic acids is 1. The lowest BCUT2D eigenvalue weighted by Crippen LogP contribution is -2.23. The van der Waals surface area contributed by atoms with Gasteiger partial charge in [0.15, 0.2) is 0 Å². The number of benzene rings is 1. The summed E-state index contributed by atoms with van der Waals surface area (Å²) in [6.07, 6.45) is 0. The minimum Gasteiger partial charge on any atom is -0.545 e. The predicted molar refractivity (Wildman–Crippen MR) is 48.2 cm³/mol. The molecule has 3 heteroatoms. The molecule has 0 fully saturated rings. The maximum Gasteiger partial charge on any atom is 0.0718 e. The molecule has 0 heterocycles. The van der Waals surface area contributed by atoms with Crippen molar-refractivity contribution in [2.45, 2.75) is 6.92 Å².